The highest BCUT2D eigenvalue weighted by atomic mass is 79.9. The third-order valence-corrected chi connectivity index (χ3v) is 5.12. The Morgan fingerprint density at radius 2 is 1.96 bits per heavy atom. The SMILES string of the molecule is COc1ccc(Br)cc1CNC(=O)c1cccc(NC(=O)c2nnc(C)s2)c1. The first-order chi connectivity index (χ1) is 13.5. The quantitative estimate of drug-likeness (QED) is 0.583. The van der Waals surface area contributed by atoms with Crippen molar-refractivity contribution in [1.29, 1.82) is 0 Å². The smallest absolute Gasteiger partial charge is 0.286 e. The molecule has 0 bridgehead atoms. The van der Waals surface area contributed by atoms with Gasteiger partial charge in [-0.1, -0.05) is 33.3 Å². The van der Waals surface area contributed by atoms with Crippen molar-refractivity contribution in [3.63, 3.8) is 0 Å². The molecule has 2 N–H and O–H groups in total. The van der Waals surface area contributed by atoms with Crippen molar-refractivity contribution in [1.82, 2.24) is 15.5 Å². The number of benzene rings is 2. The predicted molar refractivity (Wildman–Crippen MR) is 111 cm³/mol. The molecule has 7 nitrogen and oxygen atoms in total. The molecule has 2 amide bonds. The maximum absolute atomic E-state index is 12.5. The minimum atomic E-state index is -0.359. The van der Waals surface area contributed by atoms with Gasteiger partial charge >= 0.3 is 0 Å². The molecule has 0 aliphatic rings. The average molecular weight is 461 g/mol. The van der Waals surface area contributed by atoms with Crippen LogP contribution in [0.15, 0.2) is 46.9 Å². The van der Waals surface area contributed by atoms with Crippen LogP contribution in [0.5, 0.6) is 5.75 Å². The molecule has 2 aromatic carbocycles. The van der Waals surface area contributed by atoms with Crippen molar-refractivity contribution in [2.75, 3.05) is 12.4 Å². The van der Waals surface area contributed by atoms with Crippen LogP contribution in [0.3, 0.4) is 0 Å². The van der Waals surface area contributed by atoms with E-state index in [4.69, 9.17) is 4.74 Å². The van der Waals surface area contributed by atoms with Gasteiger partial charge in [0.25, 0.3) is 11.8 Å². The van der Waals surface area contributed by atoms with Gasteiger partial charge in [0, 0.05) is 27.8 Å². The fourth-order valence-corrected chi connectivity index (χ4v) is 3.47. The first-order valence-corrected chi connectivity index (χ1v) is 9.89. The molecule has 0 aliphatic carbocycles. The second-order valence-electron chi connectivity index (χ2n) is 5.80. The molecule has 0 unspecified atom stereocenters. The van der Waals surface area contributed by atoms with Crippen molar-refractivity contribution < 1.29 is 14.3 Å². The molecule has 1 aromatic heterocycles. The summed E-state index contributed by atoms with van der Waals surface area (Å²) >= 11 is 4.62. The predicted octanol–water partition coefficient (Wildman–Crippen LogP) is 3.80. The van der Waals surface area contributed by atoms with Crippen molar-refractivity contribution in [3.05, 3.63) is 68.1 Å². The molecule has 28 heavy (non-hydrogen) atoms. The standard InChI is InChI=1S/C19H17BrN4O3S/c1-11-23-24-19(28-11)18(26)22-15-5-3-4-12(9-15)17(25)21-10-13-8-14(20)6-7-16(13)27-2/h3-9H,10H2,1-2H3,(H,21,25)(H,22,26). The Balaban J connectivity index is 1.67. The molecule has 9 heteroatoms. The van der Waals surface area contributed by atoms with Gasteiger partial charge in [0.1, 0.15) is 10.8 Å². The summed E-state index contributed by atoms with van der Waals surface area (Å²) < 4.78 is 6.21. The minimum absolute atomic E-state index is 0.259. The van der Waals surface area contributed by atoms with E-state index in [1.54, 1.807) is 38.3 Å². The van der Waals surface area contributed by atoms with E-state index in [9.17, 15) is 9.59 Å². The number of aromatic nitrogens is 2. The average Bonchev–Trinajstić information content (AvgIpc) is 3.13. The summed E-state index contributed by atoms with van der Waals surface area (Å²) in [4.78, 5) is 24.7. The zero-order valence-corrected chi connectivity index (χ0v) is 17.6. The van der Waals surface area contributed by atoms with Crippen LogP contribution in [0, 0.1) is 6.92 Å². The molecule has 0 spiro atoms. The minimum Gasteiger partial charge on any atom is -0.496 e. The number of hydrogen-bond donors (Lipinski definition) is 2. The van der Waals surface area contributed by atoms with Gasteiger partial charge in [-0.15, -0.1) is 10.2 Å². The van der Waals surface area contributed by atoms with Crippen molar-refractivity contribution in [2.45, 2.75) is 13.5 Å². The summed E-state index contributed by atoms with van der Waals surface area (Å²) in [7, 11) is 1.58. The number of amides is 2. The van der Waals surface area contributed by atoms with E-state index in [1.165, 1.54) is 11.3 Å². The lowest BCUT2D eigenvalue weighted by Gasteiger charge is -2.11. The Bertz CT molecular complexity index is 1020. The fraction of sp³-hybridized carbons (Fsp3) is 0.158. The van der Waals surface area contributed by atoms with Crippen LogP contribution in [0.2, 0.25) is 0 Å². The number of ether oxygens (including phenoxy) is 1. The zero-order valence-electron chi connectivity index (χ0n) is 15.2. The molecule has 3 rings (SSSR count). The number of rotatable bonds is 6. The van der Waals surface area contributed by atoms with Gasteiger partial charge in [-0.05, 0) is 43.3 Å². The maximum Gasteiger partial charge on any atom is 0.286 e. The van der Waals surface area contributed by atoms with E-state index in [1.807, 2.05) is 18.2 Å². The van der Waals surface area contributed by atoms with Crippen LogP contribution in [0.4, 0.5) is 5.69 Å². The summed E-state index contributed by atoms with van der Waals surface area (Å²) in [5.41, 5.74) is 1.78. The van der Waals surface area contributed by atoms with Crippen LogP contribution in [0.25, 0.3) is 0 Å². The topological polar surface area (TPSA) is 93.2 Å². The first kappa shape index (κ1) is 20.0. The Labute approximate surface area is 174 Å². The molecule has 3 aromatic rings. The highest BCUT2D eigenvalue weighted by molar-refractivity contribution is 9.10. The van der Waals surface area contributed by atoms with E-state index in [0.29, 0.717) is 28.6 Å². The van der Waals surface area contributed by atoms with Gasteiger partial charge < -0.3 is 15.4 Å². The highest BCUT2D eigenvalue weighted by Crippen LogP contribution is 2.23. The van der Waals surface area contributed by atoms with Gasteiger partial charge in [-0.2, -0.15) is 0 Å². The molecule has 0 atom stereocenters. The highest BCUT2D eigenvalue weighted by Gasteiger charge is 2.13. The number of halogens is 1. The Morgan fingerprint density at radius 3 is 2.68 bits per heavy atom. The lowest BCUT2D eigenvalue weighted by atomic mass is 10.1. The van der Waals surface area contributed by atoms with Crippen molar-refractivity contribution in [2.24, 2.45) is 0 Å². The van der Waals surface area contributed by atoms with Crippen molar-refractivity contribution in [3.8, 4) is 5.75 Å². The summed E-state index contributed by atoms with van der Waals surface area (Å²) in [5, 5.41) is 14.2. The Morgan fingerprint density at radius 1 is 1.14 bits per heavy atom. The number of nitrogens with one attached hydrogen (secondary N) is 2. The second-order valence-corrected chi connectivity index (χ2v) is 7.90. The van der Waals surface area contributed by atoms with E-state index in [-0.39, 0.29) is 16.8 Å². The van der Waals surface area contributed by atoms with Gasteiger partial charge in [-0.3, -0.25) is 9.59 Å². The van der Waals surface area contributed by atoms with Gasteiger partial charge in [-0.25, -0.2) is 0 Å². The summed E-state index contributed by atoms with van der Waals surface area (Å²) in [6, 6.07) is 12.3. The van der Waals surface area contributed by atoms with E-state index < -0.39 is 0 Å². The fourth-order valence-electron chi connectivity index (χ4n) is 2.47. The van der Waals surface area contributed by atoms with Crippen LogP contribution < -0.4 is 15.4 Å². The van der Waals surface area contributed by atoms with E-state index >= 15 is 0 Å². The molecule has 144 valence electrons. The molecule has 0 radical (unpaired) electrons. The van der Waals surface area contributed by atoms with Gasteiger partial charge in [0.15, 0.2) is 0 Å². The summed E-state index contributed by atoms with van der Waals surface area (Å²) in [5.74, 6) is 0.0729. The number of aryl methyl sites for hydroxylation is 1. The number of carbonyl (C=O) groups excluding carboxylic acids is 2. The normalized spacial score (nSPS) is 10.4. The van der Waals surface area contributed by atoms with Gasteiger partial charge in [0.2, 0.25) is 5.01 Å². The Kier molecular flexibility index (Phi) is 6.37. The van der Waals surface area contributed by atoms with Gasteiger partial charge in [0.05, 0.1) is 7.11 Å². The molecule has 1 heterocycles. The number of methoxy groups -OCH3 is 1. The molecule has 0 saturated heterocycles. The van der Waals surface area contributed by atoms with Crippen molar-refractivity contribution >= 4 is 44.8 Å². The summed E-state index contributed by atoms with van der Waals surface area (Å²) in [6.07, 6.45) is 0. The second kappa shape index (κ2) is 8.94. The van der Waals surface area contributed by atoms with Crippen LogP contribution in [-0.4, -0.2) is 29.1 Å². The molecule has 0 aliphatic heterocycles. The number of hydrogen-bond acceptors (Lipinski definition) is 6. The third kappa shape index (κ3) is 4.93. The molecule has 0 fully saturated rings. The maximum atomic E-state index is 12.5. The summed E-state index contributed by atoms with van der Waals surface area (Å²) in [6.45, 7) is 2.09. The van der Waals surface area contributed by atoms with Crippen LogP contribution in [-0.2, 0) is 6.54 Å². The third-order valence-electron chi connectivity index (χ3n) is 3.78. The zero-order chi connectivity index (χ0) is 20.1. The lowest BCUT2D eigenvalue weighted by Crippen LogP contribution is -2.23. The van der Waals surface area contributed by atoms with Crippen LogP contribution in [0.1, 0.15) is 30.7 Å². The van der Waals surface area contributed by atoms with E-state index in [2.05, 4.69) is 36.8 Å². The largest absolute Gasteiger partial charge is 0.496 e. The molecule has 0 saturated carbocycles. The number of anilines is 1. The Hall–Kier alpha value is -2.78. The van der Waals surface area contributed by atoms with E-state index in [0.717, 1.165) is 10.0 Å². The number of carbonyl (C=O) groups is 2. The first-order valence-electron chi connectivity index (χ1n) is 8.28. The lowest BCUT2D eigenvalue weighted by molar-refractivity contribution is 0.0949. The van der Waals surface area contributed by atoms with Crippen LogP contribution >= 0.6 is 27.3 Å². The molecular weight excluding hydrogens is 444 g/mol. The number of nitrogens with zero attached hydrogens (tertiary/aromatic N) is 2. The monoisotopic (exact) mass is 460 g/mol. The molecular formula is C19H17BrN4O3S.